The SMILES string of the molecule is CC(C)C(=O)c1cn2nc[nH]c(=O)c2c1C(C)C. The predicted octanol–water partition coefficient (Wildman–Crippen LogP) is 1.98. The highest BCUT2D eigenvalue weighted by Gasteiger charge is 2.23. The monoisotopic (exact) mass is 247 g/mol. The highest BCUT2D eigenvalue weighted by atomic mass is 16.1. The number of carbonyl (C=O) groups is 1. The molecule has 18 heavy (non-hydrogen) atoms. The summed E-state index contributed by atoms with van der Waals surface area (Å²) in [7, 11) is 0. The topological polar surface area (TPSA) is 67.2 Å². The third-order valence-electron chi connectivity index (χ3n) is 2.99. The lowest BCUT2D eigenvalue weighted by atomic mass is 9.93. The molecule has 0 spiro atoms. The molecule has 0 amide bonds. The lowest BCUT2D eigenvalue weighted by Gasteiger charge is -2.08. The van der Waals surface area contributed by atoms with E-state index in [0.29, 0.717) is 11.1 Å². The molecule has 2 rings (SSSR count). The molecule has 96 valence electrons. The molecule has 0 bridgehead atoms. The van der Waals surface area contributed by atoms with Crippen molar-refractivity contribution in [2.24, 2.45) is 5.92 Å². The molecule has 0 radical (unpaired) electrons. The van der Waals surface area contributed by atoms with Gasteiger partial charge in [-0.1, -0.05) is 27.7 Å². The van der Waals surface area contributed by atoms with Gasteiger partial charge in [0, 0.05) is 17.7 Å². The molecule has 0 fully saturated rings. The number of H-pyrrole nitrogens is 1. The van der Waals surface area contributed by atoms with Crippen LogP contribution >= 0.6 is 0 Å². The van der Waals surface area contributed by atoms with Crippen molar-refractivity contribution >= 4 is 11.3 Å². The van der Waals surface area contributed by atoms with Gasteiger partial charge in [-0.05, 0) is 11.5 Å². The van der Waals surface area contributed by atoms with Gasteiger partial charge in [0.1, 0.15) is 11.8 Å². The molecule has 0 atom stereocenters. The summed E-state index contributed by atoms with van der Waals surface area (Å²) in [5.41, 5.74) is 1.64. The van der Waals surface area contributed by atoms with Crippen molar-refractivity contribution in [2.45, 2.75) is 33.6 Å². The lowest BCUT2D eigenvalue weighted by Crippen LogP contribution is -2.13. The van der Waals surface area contributed by atoms with Crippen LogP contribution in [0.2, 0.25) is 0 Å². The van der Waals surface area contributed by atoms with Crippen molar-refractivity contribution in [1.82, 2.24) is 14.6 Å². The fourth-order valence-corrected chi connectivity index (χ4v) is 2.13. The first kappa shape index (κ1) is 12.5. The standard InChI is InChI=1S/C13H17N3O2/c1-7(2)10-9(12(17)8(3)4)5-16-11(10)13(18)14-6-15-16/h5-8H,1-4H3,(H,14,15,18). The number of Topliss-reactive ketones (excluding diaryl/α,β-unsaturated/α-hetero) is 1. The van der Waals surface area contributed by atoms with Gasteiger partial charge in [0.15, 0.2) is 5.78 Å². The number of hydrogen-bond acceptors (Lipinski definition) is 3. The minimum Gasteiger partial charge on any atom is -0.310 e. The zero-order chi connectivity index (χ0) is 13.4. The van der Waals surface area contributed by atoms with Crippen LogP contribution in [0.4, 0.5) is 0 Å². The number of nitrogens with zero attached hydrogens (tertiary/aromatic N) is 2. The molecule has 5 heteroatoms. The van der Waals surface area contributed by atoms with Crippen LogP contribution in [0.25, 0.3) is 5.52 Å². The fraction of sp³-hybridized carbons (Fsp3) is 0.462. The molecule has 0 saturated heterocycles. The molecule has 1 N–H and O–H groups in total. The van der Waals surface area contributed by atoms with Crippen LogP contribution < -0.4 is 5.56 Å². The summed E-state index contributed by atoms with van der Waals surface area (Å²) >= 11 is 0. The van der Waals surface area contributed by atoms with Crippen molar-refractivity contribution in [3.05, 3.63) is 34.0 Å². The summed E-state index contributed by atoms with van der Waals surface area (Å²) in [5, 5.41) is 4.06. The summed E-state index contributed by atoms with van der Waals surface area (Å²) in [4.78, 5) is 26.6. The van der Waals surface area contributed by atoms with Gasteiger partial charge in [-0.3, -0.25) is 9.59 Å². The molecule has 2 aromatic heterocycles. The van der Waals surface area contributed by atoms with E-state index < -0.39 is 0 Å². The number of ketones is 1. The Kier molecular flexibility index (Phi) is 3.07. The van der Waals surface area contributed by atoms with Gasteiger partial charge in [-0.25, -0.2) is 4.52 Å². The van der Waals surface area contributed by atoms with E-state index in [1.165, 1.54) is 10.8 Å². The number of hydrogen-bond donors (Lipinski definition) is 1. The number of aromatic amines is 1. The van der Waals surface area contributed by atoms with E-state index in [0.717, 1.165) is 5.56 Å². The normalized spacial score (nSPS) is 11.7. The molecule has 0 saturated carbocycles. The summed E-state index contributed by atoms with van der Waals surface area (Å²) in [6.45, 7) is 7.65. The van der Waals surface area contributed by atoms with Gasteiger partial charge in [-0.15, -0.1) is 0 Å². The van der Waals surface area contributed by atoms with Crippen LogP contribution in [0.1, 0.15) is 49.5 Å². The first-order valence-electron chi connectivity index (χ1n) is 6.06. The minimum absolute atomic E-state index is 0.0450. The summed E-state index contributed by atoms with van der Waals surface area (Å²) in [5.74, 6) is 0.0422. The smallest absolute Gasteiger partial charge is 0.275 e. The molecule has 0 aliphatic heterocycles. The highest BCUT2D eigenvalue weighted by molar-refractivity contribution is 6.00. The zero-order valence-electron chi connectivity index (χ0n) is 11.0. The van der Waals surface area contributed by atoms with Gasteiger partial charge in [0.05, 0.1) is 0 Å². The quantitative estimate of drug-likeness (QED) is 0.843. The van der Waals surface area contributed by atoms with E-state index in [1.807, 2.05) is 27.7 Å². The average molecular weight is 247 g/mol. The van der Waals surface area contributed by atoms with E-state index >= 15 is 0 Å². The Balaban J connectivity index is 2.83. The highest BCUT2D eigenvalue weighted by Crippen LogP contribution is 2.26. The van der Waals surface area contributed by atoms with Crippen LogP contribution in [0.5, 0.6) is 0 Å². The summed E-state index contributed by atoms with van der Waals surface area (Å²) in [6, 6.07) is 0. The predicted molar refractivity (Wildman–Crippen MR) is 69.1 cm³/mol. The van der Waals surface area contributed by atoms with Crippen molar-refractivity contribution in [3.8, 4) is 0 Å². The molecule has 2 heterocycles. The Bertz CT molecular complexity index is 650. The number of fused-ring (bicyclic) bond motifs is 1. The minimum atomic E-state index is -0.212. The van der Waals surface area contributed by atoms with Crippen molar-refractivity contribution < 1.29 is 4.79 Å². The Morgan fingerprint density at radius 2 is 2.00 bits per heavy atom. The Morgan fingerprint density at radius 3 is 2.56 bits per heavy atom. The maximum Gasteiger partial charge on any atom is 0.275 e. The van der Waals surface area contributed by atoms with Gasteiger partial charge < -0.3 is 4.98 Å². The van der Waals surface area contributed by atoms with E-state index in [9.17, 15) is 9.59 Å². The molecule has 0 unspecified atom stereocenters. The first-order valence-corrected chi connectivity index (χ1v) is 6.06. The molecule has 0 aliphatic carbocycles. The largest absolute Gasteiger partial charge is 0.310 e. The lowest BCUT2D eigenvalue weighted by molar-refractivity contribution is 0.0938. The Labute approximate surface area is 105 Å². The summed E-state index contributed by atoms with van der Waals surface area (Å²) in [6.07, 6.45) is 2.99. The van der Waals surface area contributed by atoms with Crippen molar-refractivity contribution in [1.29, 1.82) is 0 Å². The second kappa shape index (κ2) is 4.40. The first-order chi connectivity index (χ1) is 8.43. The molecular formula is C13H17N3O2. The maximum absolute atomic E-state index is 12.2. The third kappa shape index (κ3) is 1.85. The van der Waals surface area contributed by atoms with Crippen LogP contribution in [-0.4, -0.2) is 20.4 Å². The van der Waals surface area contributed by atoms with Crippen LogP contribution in [0.3, 0.4) is 0 Å². The maximum atomic E-state index is 12.2. The average Bonchev–Trinajstić information content (AvgIpc) is 2.68. The van der Waals surface area contributed by atoms with Gasteiger partial charge in [-0.2, -0.15) is 5.10 Å². The second-order valence-electron chi connectivity index (χ2n) is 5.04. The van der Waals surface area contributed by atoms with Crippen LogP contribution in [0.15, 0.2) is 17.3 Å². The summed E-state index contributed by atoms with van der Waals surface area (Å²) < 4.78 is 1.49. The molecular weight excluding hydrogens is 230 g/mol. The number of carbonyl (C=O) groups excluding carboxylic acids is 1. The molecule has 0 aromatic carbocycles. The number of rotatable bonds is 3. The zero-order valence-corrected chi connectivity index (χ0v) is 11.0. The molecule has 2 aromatic rings. The van der Waals surface area contributed by atoms with Gasteiger partial charge in [0.25, 0.3) is 5.56 Å². The number of nitrogens with one attached hydrogen (secondary N) is 1. The van der Waals surface area contributed by atoms with E-state index in [4.69, 9.17) is 0 Å². The Hall–Kier alpha value is -1.91. The van der Waals surface area contributed by atoms with E-state index in [1.54, 1.807) is 6.20 Å². The van der Waals surface area contributed by atoms with Crippen LogP contribution in [0, 0.1) is 5.92 Å². The van der Waals surface area contributed by atoms with Crippen LogP contribution in [-0.2, 0) is 0 Å². The van der Waals surface area contributed by atoms with Crippen molar-refractivity contribution in [2.75, 3.05) is 0 Å². The number of aromatic nitrogens is 3. The third-order valence-corrected chi connectivity index (χ3v) is 2.99. The molecule has 0 aliphatic rings. The van der Waals surface area contributed by atoms with Gasteiger partial charge in [0.2, 0.25) is 0 Å². The van der Waals surface area contributed by atoms with Crippen molar-refractivity contribution in [3.63, 3.8) is 0 Å². The van der Waals surface area contributed by atoms with E-state index in [-0.39, 0.29) is 23.2 Å². The molecule has 5 nitrogen and oxygen atoms in total. The second-order valence-corrected chi connectivity index (χ2v) is 5.04. The fourth-order valence-electron chi connectivity index (χ4n) is 2.13. The van der Waals surface area contributed by atoms with Gasteiger partial charge >= 0.3 is 0 Å². The van der Waals surface area contributed by atoms with E-state index in [2.05, 4.69) is 10.1 Å². The Morgan fingerprint density at radius 1 is 1.33 bits per heavy atom.